The van der Waals surface area contributed by atoms with E-state index in [1.54, 1.807) is 13.8 Å². The minimum absolute atomic E-state index is 0.0423. The first-order valence-electron chi connectivity index (χ1n) is 8.63. The van der Waals surface area contributed by atoms with Gasteiger partial charge in [-0.25, -0.2) is 0 Å². The van der Waals surface area contributed by atoms with Crippen LogP contribution in [0.5, 0.6) is 0 Å². The first kappa shape index (κ1) is 17.0. The largest absolute Gasteiger partial charge is 0.344 e. The van der Waals surface area contributed by atoms with E-state index in [-0.39, 0.29) is 24.2 Å². The van der Waals surface area contributed by atoms with Crippen LogP contribution in [0.15, 0.2) is 48.5 Å². The van der Waals surface area contributed by atoms with Crippen molar-refractivity contribution in [2.75, 3.05) is 0 Å². The number of aromatic nitrogens is 2. The van der Waals surface area contributed by atoms with Crippen molar-refractivity contribution in [2.24, 2.45) is 0 Å². The van der Waals surface area contributed by atoms with Gasteiger partial charge in [-0.2, -0.15) is 5.10 Å². The molecule has 0 saturated carbocycles. The monoisotopic (exact) mass is 362 g/mol. The van der Waals surface area contributed by atoms with Crippen LogP contribution >= 0.6 is 0 Å². The zero-order valence-corrected chi connectivity index (χ0v) is 15.0. The van der Waals surface area contributed by atoms with Gasteiger partial charge in [-0.1, -0.05) is 48.5 Å². The highest BCUT2D eigenvalue weighted by molar-refractivity contribution is 5.83. The van der Waals surface area contributed by atoms with E-state index in [4.69, 9.17) is 0 Å². The molecular weight excluding hydrogens is 344 g/mol. The number of amides is 1. The molecule has 27 heavy (non-hydrogen) atoms. The maximum Gasteiger partial charge on any atom is 0.312 e. The lowest BCUT2D eigenvalue weighted by Gasteiger charge is -2.16. The first-order chi connectivity index (χ1) is 13.0. The van der Waals surface area contributed by atoms with Crippen LogP contribution in [-0.2, 0) is 11.3 Å². The average molecular weight is 362 g/mol. The summed E-state index contributed by atoms with van der Waals surface area (Å²) in [6.45, 7) is 3.11. The summed E-state index contributed by atoms with van der Waals surface area (Å²) in [7, 11) is 0. The van der Waals surface area contributed by atoms with Gasteiger partial charge in [0.05, 0.1) is 11.0 Å². The Bertz CT molecular complexity index is 1030. The summed E-state index contributed by atoms with van der Waals surface area (Å²) in [6, 6.07) is 15.7. The zero-order valence-electron chi connectivity index (χ0n) is 15.0. The molecule has 0 radical (unpaired) electrons. The van der Waals surface area contributed by atoms with Gasteiger partial charge in [0, 0.05) is 0 Å². The van der Waals surface area contributed by atoms with Crippen LogP contribution < -0.4 is 5.32 Å². The van der Waals surface area contributed by atoms with Crippen molar-refractivity contribution >= 4 is 11.6 Å². The van der Waals surface area contributed by atoms with E-state index < -0.39 is 4.92 Å². The number of benzene rings is 2. The molecule has 7 heteroatoms. The van der Waals surface area contributed by atoms with Crippen LogP contribution in [0.4, 0.5) is 5.69 Å². The molecule has 1 aliphatic rings. The number of hydrogen-bond acceptors (Lipinski definition) is 4. The molecule has 7 nitrogen and oxygen atoms in total. The van der Waals surface area contributed by atoms with Crippen LogP contribution in [0, 0.1) is 24.0 Å². The molecule has 3 aromatic rings. The molecule has 1 aromatic heterocycles. The van der Waals surface area contributed by atoms with Gasteiger partial charge in [0.1, 0.15) is 17.9 Å². The second-order valence-electron chi connectivity index (χ2n) is 6.61. The van der Waals surface area contributed by atoms with Crippen LogP contribution in [0.2, 0.25) is 0 Å². The van der Waals surface area contributed by atoms with Crippen molar-refractivity contribution in [1.29, 1.82) is 0 Å². The van der Waals surface area contributed by atoms with Gasteiger partial charge in [0.2, 0.25) is 5.91 Å². The smallest absolute Gasteiger partial charge is 0.312 e. The van der Waals surface area contributed by atoms with Crippen molar-refractivity contribution in [1.82, 2.24) is 15.1 Å². The topological polar surface area (TPSA) is 90.1 Å². The number of aryl methyl sites for hydroxylation is 1. The number of nitrogens with zero attached hydrogens (tertiary/aromatic N) is 3. The highest BCUT2D eigenvalue weighted by Gasteiger charge is 2.30. The number of nitrogens with one attached hydrogen (secondary N) is 1. The normalized spacial score (nSPS) is 12.5. The molecule has 1 N–H and O–H groups in total. The van der Waals surface area contributed by atoms with Gasteiger partial charge in [0.25, 0.3) is 0 Å². The third kappa shape index (κ3) is 2.77. The Balaban J connectivity index is 1.61. The quantitative estimate of drug-likeness (QED) is 0.569. The van der Waals surface area contributed by atoms with Gasteiger partial charge >= 0.3 is 5.69 Å². The number of carbonyl (C=O) groups is 1. The molecule has 0 spiro atoms. The van der Waals surface area contributed by atoms with Crippen LogP contribution in [0.3, 0.4) is 0 Å². The van der Waals surface area contributed by atoms with Crippen molar-refractivity contribution in [3.05, 3.63) is 81.2 Å². The van der Waals surface area contributed by atoms with E-state index in [1.165, 1.54) is 4.68 Å². The average Bonchev–Trinajstić information content (AvgIpc) is 3.10. The number of rotatable bonds is 4. The van der Waals surface area contributed by atoms with E-state index in [0.29, 0.717) is 11.4 Å². The highest BCUT2D eigenvalue weighted by Crippen LogP contribution is 2.42. The van der Waals surface area contributed by atoms with E-state index in [2.05, 4.69) is 10.4 Å². The Labute approximate surface area is 155 Å². The van der Waals surface area contributed by atoms with E-state index >= 15 is 0 Å². The highest BCUT2D eigenvalue weighted by atomic mass is 16.6. The SMILES string of the molecule is Cc1nn(CC(=O)NC2c3ccccc3-c3ccccc32)c(C)c1[N+](=O)[O-]. The molecule has 0 bridgehead atoms. The Morgan fingerprint density at radius 2 is 1.67 bits per heavy atom. The first-order valence-corrected chi connectivity index (χ1v) is 8.63. The summed E-state index contributed by atoms with van der Waals surface area (Å²) in [6.07, 6.45) is 0. The number of fused-ring (bicyclic) bond motifs is 3. The Morgan fingerprint density at radius 3 is 2.19 bits per heavy atom. The van der Waals surface area contributed by atoms with E-state index in [9.17, 15) is 14.9 Å². The third-order valence-electron chi connectivity index (χ3n) is 4.96. The van der Waals surface area contributed by atoms with E-state index in [1.807, 2.05) is 48.5 Å². The molecular formula is C20H18N4O3. The minimum Gasteiger partial charge on any atom is -0.344 e. The predicted molar refractivity (Wildman–Crippen MR) is 100 cm³/mol. The summed E-state index contributed by atoms with van der Waals surface area (Å²) in [5, 5.41) is 18.4. The number of hydrogen-bond donors (Lipinski definition) is 1. The van der Waals surface area contributed by atoms with Gasteiger partial charge in [0.15, 0.2) is 0 Å². The fourth-order valence-corrected chi connectivity index (χ4v) is 3.76. The maximum atomic E-state index is 12.7. The molecule has 1 heterocycles. The molecule has 136 valence electrons. The Morgan fingerprint density at radius 1 is 1.11 bits per heavy atom. The molecule has 4 rings (SSSR count). The van der Waals surface area contributed by atoms with Crippen molar-refractivity contribution in [3.8, 4) is 11.1 Å². The molecule has 0 atom stereocenters. The summed E-state index contributed by atoms with van der Waals surface area (Å²) >= 11 is 0. The lowest BCUT2D eigenvalue weighted by molar-refractivity contribution is -0.386. The van der Waals surface area contributed by atoms with Gasteiger partial charge in [-0.15, -0.1) is 0 Å². The second kappa shape index (κ2) is 6.35. The summed E-state index contributed by atoms with van der Waals surface area (Å²) in [4.78, 5) is 23.4. The molecule has 0 aliphatic heterocycles. The summed E-state index contributed by atoms with van der Waals surface area (Å²) in [5.74, 6) is -0.244. The third-order valence-corrected chi connectivity index (χ3v) is 4.96. The fraction of sp³-hybridized carbons (Fsp3) is 0.200. The predicted octanol–water partition coefficient (Wildman–Crippen LogP) is 3.29. The van der Waals surface area contributed by atoms with Crippen LogP contribution in [0.1, 0.15) is 28.6 Å². The molecule has 1 amide bonds. The fourth-order valence-electron chi connectivity index (χ4n) is 3.76. The Kier molecular flexibility index (Phi) is 3.99. The molecule has 0 fully saturated rings. The van der Waals surface area contributed by atoms with E-state index in [0.717, 1.165) is 22.3 Å². The lowest BCUT2D eigenvalue weighted by Crippen LogP contribution is -2.31. The summed E-state index contributed by atoms with van der Waals surface area (Å²) in [5.41, 5.74) is 4.96. The minimum atomic E-state index is -0.463. The standard InChI is InChI=1S/C20H18N4O3/c1-12-20(24(26)27)13(2)23(22-12)11-18(25)21-19-16-9-5-3-7-14(16)15-8-4-6-10-17(15)19/h3-10,19H,11H2,1-2H3,(H,21,25). The lowest BCUT2D eigenvalue weighted by atomic mass is 10.1. The molecule has 1 aliphatic carbocycles. The van der Waals surface area contributed by atoms with Crippen molar-refractivity contribution in [2.45, 2.75) is 26.4 Å². The summed E-state index contributed by atoms with van der Waals surface area (Å²) < 4.78 is 1.38. The van der Waals surface area contributed by atoms with Crippen LogP contribution in [0.25, 0.3) is 11.1 Å². The van der Waals surface area contributed by atoms with Crippen molar-refractivity contribution < 1.29 is 9.72 Å². The van der Waals surface area contributed by atoms with Crippen molar-refractivity contribution in [3.63, 3.8) is 0 Å². The Hall–Kier alpha value is -3.48. The van der Waals surface area contributed by atoms with Crippen LogP contribution in [-0.4, -0.2) is 20.6 Å². The zero-order chi connectivity index (χ0) is 19.1. The molecule has 0 saturated heterocycles. The van der Waals surface area contributed by atoms with Gasteiger partial charge in [-0.05, 0) is 36.1 Å². The molecule has 2 aromatic carbocycles. The molecule has 0 unspecified atom stereocenters. The maximum absolute atomic E-state index is 12.7. The number of nitro groups is 1. The number of carbonyl (C=O) groups excluding carboxylic acids is 1. The van der Waals surface area contributed by atoms with Gasteiger partial charge < -0.3 is 5.32 Å². The van der Waals surface area contributed by atoms with Gasteiger partial charge in [-0.3, -0.25) is 19.6 Å². The second-order valence-corrected chi connectivity index (χ2v) is 6.61.